The van der Waals surface area contributed by atoms with E-state index in [1.165, 1.54) is 42.0 Å². The van der Waals surface area contributed by atoms with Crippen LogP contribution in [0, 0.1) is 12.7 Å². The van der Waals surface area contributed by atoms with Gasteiger partial charge < -0.3 is 19.7 Å². The number of hydrogen-bond donors (Lipinski definition) is 1. The monoisotopic (exact) mass is 567 g/mol. The molecule has 5 aromatic rings. The van der Waals surface area contributed by atoms with Crippen LogP contribution in [0.2, 0.25) is 0 Å². The molecule has 42 heavy (non-hydrogen) atoms. The van der Waals surface area contributed by atoms with Crippen LogP contribution in [0.4, 0.5) is 10.1 Å². The zero-order valence-electron chi connectivity index (χ0n) is 23.5. The van der Waals surface area contributed by atoms with Gasteiger partial charge in [-0.2, -0.15) is 0 Å². The van der Waals surface area contributed by atoms with Gasteiger partial charge in [0.15, 0.2) is 0 Å². The number of aryl methyl sites for hydroxylation is 1. The molecule has 214 valence electrons. The molecule has 1 N–H and O–H groups in total. The van der Waals surface area contributed by atoms with Crippen molar-refractivity contribution < 1.29 is 23.5 Å². The number of carbonyl (C=O) groups excluding carboxylic acids is 2. The zero-order chi connectivity index (χ0) is 29.6. The number of fused-ring (bicyclic) bond motifs is 1. The fourth-order valence-corrected chi connectivity index (χ4v) is 4.72. The molecule has 9 nitrogen and oxygen atoms in total. The van der Waals surface area contributed by atoms with Gasteiger partial charge in [-0.3, -0.25) is 9.59 Å². The number of ether oxygens (including phenoxy) is 2. The summed E-state index contributed by atoms with van der Waals surface area (Å²) in [5.41, 5.74) is 3.85. The number of halogens is 1. The summed E-state index contributed by atoms with van der Waals surface area (Å²) in [5, 5.41) is 11.2. The van der Waals surface area contributed by atoms with Crippen molar-refractivity contribution in [1.29, 1.82) is 0 Å². The first kappa shape index (κ1) is 28.3. The highest BCUT2D eigenvalue weighted by Gasteiger charge is 2.33. The number of aromatic nitrogens is 3. The molecule has 0 bridgehead atoms. The summed E-state index contributed by atoms with van der Waals surface area (Å²) in [6.07, 6.45) is 0. The van der Waals surface area contributed by atoms with Gasteiger partial charge in [-0.25, -0.2) is 9.07 Å². The van der Waals surface area contributed by atoms with Crippen LogP contribution in [0.25, 0.3) is 11.0 Å². The molecular formula is C32H30FN5O4. The molecule has 0 aliphatic rings. The average molecular weight is 568 g/mol. The first-order valence-electron chi connectivity index (χ1n) is 13.3. The highest BCUT2D eigenvalue weighted by atomic mass is 19.1. The van der Waals surface area contributed by atoms with Crippen molar-refractivity contribution in [3.8, 4) is 11.5 Å². The highest BCUT2D eigenvalue weighted by molar-refractivity contribution is 5.99. The number of hydrogen-bond acceptors (Lipinski definition) is 6. The summed E-state index contributed by atoms with van der Waals surface area (Å²) in [7, 11) is 3.00. The number of carbonyl (C=O) groups is 2. The molecule has 0 aliphatic heterocycles. The molecular weight excluding hydrogens is 537 g/mol. The van der Waals surface area contributed by atoms with Gasteiger partial charge in [0.25, 0.3) is 5.91 Å². The number of nitrogens with zero attached hydrogens (tertiary/aromatic N) is 4. The third-order valence-electron chi connectivity index (χ3n) is 6.89. The molecule has 0 fully saturated rings. The normalized spacial score (nSPS) is 11.6. The lowest BCUT2D eigenvalue weighted by Gasteiger charge is -2.32. The average Bonchev–Trinajstić information content (AvgIpc) is 3.40. The van der Waals surface area contributed by atoms with Crippen LogP contribution in [0.5, 0.6) is 11.5 Å². The second-order valence-electron chi connectivity index (χ2n) is 9.76. The van der Waals surface area contributed by atoms with Gasteiger partial charge in [0.1, 0.15) is 35.4 Å². The summed E-state index contributed by atoms with van der Waals surface area (Å²) < 4.78 is 26.8. The van der Waals surface area contributed by atoms with E-state index in [0.29, 0.717) is 33.8 Å². The van der Waals surface area contributed by atoms with Gasteiger partial charge in [-0.1, -0.05) is 59.3 Å². The van der Waals surface area contributed by atoms with E-state index in [2.05, 4.69) is 15.6 Å². The molecule has 1 aromatic heterocycles. The van der Waals surface area contributed by atoms with E-state index in [9.17, 15) is 14.0 Å². The molecule has 0 saturated carbocycles. The number of amides is 2. The van der Waals surface area contributed by atoms with Gasteiger partial charge in [0.2, 0.25) is 5.91 Å². The molecule has 1 heterocycles. The number of nitrogens with one attached hydrogen (secondary N) is 1. The lowest BCUT2D eigenvalue weighted by Crippen LogP contribution is -2.42. The van der Waals surface area contributed by atoms with Crippen LogP contribution < -0.4 is 14.8 Å². The number of anilines is 1. The molecule has 0 saturated heterocycles. The van der Waals surface area contributed by atoms with Crippen molar-refractivity contribution in [2.75, 3.05) is 19.5 Å². The van der Waals surface area contributed by atoms with Crippen LogP contribution in [0.3, 0.4) is 0 Å². The number of benzene rings is 4. The Kier molecular flexibility index (Phi) is 8.42. The van der Waals surface area contributed by atoms with Crippen molar-refractivity contribution in [3.63, 3.8) is 0 Å². The van der Waals surface area contributed by atoms with Crippen LogP contribution in [0.15, 0.2) is 91.0 Å². The Morgan fingerprint density at radius 2 is 1.74 bits per heavy atom. The molecule has 0 radical (unpaired) electrons. The first-order valence-corrected chi connectivity index (χ1v) is 13.3. The summed E-state index contributed by atoms with van der Waals surface area (Å²) in [6, 6.07) is 24.4. The number of methoxy groups -OCH3 is 2. The minimum atomic E-state index is -1.20. The standard InChI is InChI=1S/C32H30FN5O4/c1-21-11-13-22(14-12-21)19-37(30(39)20-38-28-10-5-4-9-26(28)35-36-38)31(23-7-6-8-24(33)17-23)32(40)34-27-16-15-25(41-2)18-29(27)42-3/h4-18,31H,19-20H2,1-3H3,(H,34,40)/t31-/m0/s1. The van der Waals surface area contributed by atoms with Crippen molar-refractivity contribution in [3.05, 3.63) is 114 Å². The lowest BCUT2D eigenvalue weighted by atomic mass is 10.0. The SMILES string of the molecule is COc1ccc(NC(=O)[C@H](c2cccc(F)c2)N(Cc2ccc(C)cc2)C(=O)Cn2nnc3ccccc32)c(OC)c1. The molecule has 5 rings (SSSR count). The largest absolute Gasteiger partial charge is 0.497 e. The predicted octanol–water partition coefficient (Wildman–Crippen LogP) is 5.30. The van der Waals surface area contributed by atoms with Gasteiger partial charge in [-0.05, 0) is 54.4 Å². The fourth-order valence-electron chi connectivity index (χ4n) is 4.72. The Hall–Kier alpha value is -5.25. The Bertz CT molecular complexity index is 1720. The molecule has 0 unspecified atom stereocenters. The Morgan fingerprint density at radius 1 is 0.952 bits per heavy atom. The second-order valence-corrected chi connectivity index (χ2v) is 9.76. The molecule has 1 atom stereocenters. The Balaban J connectivity index is 1.57. The van der Waals surface area contributed by atoms with Crippen LogP contribution >= 0.6 is 0 Å². The number of rotatable bonds is 10. The number of para-hydroxylation sites is 1. The lowest BCUT2D eigenvalue weighted by molar-refractivity contribution is -0.140. The first-order chi connectivity index (χ1) is 20.4. The van der Waals surface area contributed by atoms with Gasteiger partial charge in [0.05, 0.1) is 25.4 Å². The maximum absolute atomic E-state index is 14.5. The van der Waals surface area contributed by atoms with Crippen LogP contribution in [-0.4, -0.2) is 45.9 Å². The van der Waals surface area contributed by atoms with E-state index in [0.717, 1.165) is 11.1 Å². The van der Waals surface area contributed by atoms with Gasteiger partial charge in [-0.15, -0.1) is 5.10 Å². The van der Waals surface area contributed by atoms with E-state index in [-0.39, 0.29) is 13.1 Å². The smallest absolute Gasteiger partial charge is 0.251 e. The van der Waals surface area contributed by atoms with Crippen LogP contribution in [-0.2, 0) is 22.7 Å². The topological polar surface area (TPSA) is 98.6 Å². The molecule has 0 spiro atoms. The molecule has 0 aliphatic carbocycles. The van der Waals surface area contributed by atoms with Crippen molar-refractivity contribution in [2.24, 2.45) is 0 Å². The maximum atomic E-state index is 14.5. The van der Waals surface area contributed by atoms with Gasteiger partial charge >= 0.3 is 0 Å². The van der Waals surface area contributed by atoms with Crippen molar-refractivity contribution in [1.82, 2.24) is 19.9 Å². The molecule has 4 aromatic carbocycles. The predicted molar refractivity (Wildman–Crippen MR) is 157 cm³/mol. The van der Waals surface area contributed by atoms with E-state index in [1.807, 2.05) is 49.4 Å². The third-order valence-corrected chi connectivity index (χ3v) is 6.89. The summed E-state index contributed by atoms with van der Waals surface area (Å²) >= 11 is 0. The highest BCUT2D eigenvalue weighted by Crippen LogP contribution is 2.32. The molecule has 10 heteroatoms. The zero-order valence-corrected chi connectivity index (χ0v) is 23.5. The van der Waals surface area contributed by atoms with E-state index >= 15 is 0 Å². The minimum Gasteiger partial charge on any atom is -0.497 e. The summed E-state index contributed by atoms with van der Waals surface area (Å²) in [4.78, 5) is 29.6. The third kappa shape index (κ3) is 6.22. The quantitative estimate of drug-likeness (QED) is 0.246. The summed E-state index contributed by atoms with van der Waals surface area (Å²) in [6.45, 7) is 1.87. The van der Waals surface area contributed by atoms with Crippen molar-refractivity contribution >= 4 is 28.5 Å². The summed E-state index contributed by atoms with van der Waals surface area (Å²) in [5.74, 6) is -0.573. The molecule has 2 amide bonds. The van der Waals surface area contributed by atoms with E-state index in [4.69, 9.17) is 9.47 Å². The fraction of sp³-hybridized carbons (Fsp3) is 0.188. The van der Waals surface area contributed by atoms with Crippen molar-refractivity contribution in [2.45, 2.75) is 26.1 Å². The Morgan fingerprint density at radius 3 is 2.48 bits per heavy atom. The Labute approximate surface area is 242 Å². The maximum Gasteiger partial charge on any atom is 0.251 e. The van der Waals surface area contributed by atoms with E-state index in [1.54, 1.807) is 30.3 Å². The minimum absolute atomic E-state index is 0.0834. The van der Waals surface area contributed by atoms with E-state index < -0.39 is 23.7 Å². The second kappa shape index (κ2) is 12.5. The van der Waals surface area contributed by atoms with Gasteiger partial charge in [0, 0.05) is 12.6 Å². The van der Waals surface area contributed by atoms with Crippen LogP contribution in [0.1, 0.15) is 22.7 Å².